The summed E-state index contributed by atoms with van der Waals surface area (Å²) in [4.78, 5) is 0.297. The molecule has 104 valence electrons. The lowest BCUT2D eigenvalue weighted by Crippen LogP contribution is -2.49. The molecular formula is C11H21N3O2S2. The van der Waals surface area contributed by atoms with E-state index >= 15 is 0 Å². The average Bonchev–Trinajstić information content (AvgIpc) is 2.65. The fourth-order valence-corrected chi connectivity index (χ4v) is 4.95. The molecule has 18 heavy (non-hydrogen) atoms. The zero-order valence-electron chi connectivity index (χ0n) is 10.5. The number of nitrogens with zero attached hydrogens (tertiary/aromatic N) is 2. The second-order valence-corrected chi connectivity index (χ2v) is 7.34. The lowest BCUT2D eigenvalue weighted by molar-refractivity contribution is 0.354. The van der Waals surface area contributed by atoms with Crippen molar-refractivity contribution in [2.24, 2.45) is 5.73 Å². The minimum absolute atomic E-state index is 0.284. The summed E-state index contributed by atoms with van der Waals surface area (Å²) in [6.45, 7) is 1.80. The van der Waals surface area contributed by atoms with Gasteiger partial charge in [0.2, 0.25) is 0 Å². The van der Waals surface area contributed by atoms with Crippen molar-refractivity contribution in [3.05, 3.63) is 0 Å². The van der Waals surface area contributed by atoms with Crippen molar-refractivity contribution in [1.82, 2.24) is 8.61 Å². The Bertz CT molecular complexity index is 403. The quantitative estimate of drug-likeness (QED) is 0.783. The fourth-order valence-electron chi connectivity index (χ4n) is 2.72. The largest absolute Gasteiger partial charge is 0.392 e. The second-order valence-electron chi connectivity index (χ2n) is 4.99. The molecule has 0 spiro atoms. The third-order valence-electron chi connectivity index (χ3n) is 3.72. The zero-order valence-corrected chi connectivity index (χ0v) is 12.2. The standard InChI is InChI=1S/C11H21N3O2S2/c12-11(17)10-6-5-9-14(10)18(15,16)13-7-3-1-2-4-8-13/h10H,1-9H2,(H2,12,17). The van der Waals surface area contributed by atoms with Crippen LogP contribution in [0.1, 0.15) is 38.5 Å². The minimum Gasteiger partial charge on any atom is -0.392 e. The van der Waals surface area contributed by atoms with Crippen LogP contribution in [-0.2, 0) is 10.2 Å². The monoisotopic (exact) mass is 291 g/mol. The van der Waals surface area contributed by atoms with Crippen molar-refractivity contribution < 1.29 is 8.42 Å². The molecule has 0 saturated carbocycles. The highest BCUT2D eigenvalue weighted by atomic mass is 32.2. The number of hydrogen-bond acceptors (Lipinski definition) is 3. The van der Waals surface area contributed by atoms with Crippen LogP contribution in [0.4, 0.5) is 0 Å². The summed E-state index contributed by atoms with van der Waals surface area (Å²) in [7, 11) is -3.38. The van der Waals surface area contributed by atoms with Crippen molar-refractivity contribution in [3.63, 3.8) is 0 Å². The van der Waals surface area contributed by atoms with E-state index in [0.29, 0.717) is 24.6 Å². The number of rotatable bonds is 3. The Morgan fingerprint density at radius 1 is 1.06 bits per heavy atom. The van der Waals surface area contributed by atoms with Gasteiger partial charge in [-0.1, -0.05) is 25.1 Å². The molecule has 1 atom stereocenters. The molecule has 7 heteroatoms. The Kier molecular flexibility index (Phi) is 4.58. The highest BCUT2D eigenvalue weighted by Gasteiger charge is 2.39. The maximum absolute atomic E-state index is 12.6. The van der Waals surface area contributed by atoms with Crippen LogP contribution in [0.25, 0.3) is 0 Å². The molecule has 2 aliphatic rings. The molecule has 0 radical (unpaired) electrons. The van der Waals surface area contributed by atoms with Crippen LogP contribution in [-0.4, -0.2) is 47.7 Å². The first-order valence-corrected chi connectivity index (χ1v) is 8.40. The van der Waals surface area contributed by atoms with Gasteiger partial charge >= 0.3 is 0 Å². The van der Waals surface area contributed by atoms with Gasteiger partial charge in [-0.3, -0.25) is 0 Å². The van der Waals surface area contributed by atoms with Gasteiger partial charge in [0.05, 0.1) is 11.0 Å². The molecular weight excluding hydrogens is 270 g/mol. The van der Waals surface area contributed by atoms with E-state index in [2.05, 4.69) is 0 Å². The molecule has 2 N–H and O–H groups in total. The van der Waals surface area contributed by atoms with Crippen molar-refractivity contribution in [3.8, 4) is 0 Å². The summed E-state index contributed by atoms with van der Waals surface area (Å²) in [6.07, 6.45) is 5.72. The van der Waals surface area contributed by atoms with Gasteiger partial charge in [0, 0.05) is 19.6 Å². The van der Waals surface area contributed by atoms with Crippen LogP contribution in [0, 0.1) is 0 Å². The maximum Gasteiger partial charge on any atom is 0.282 e. The van der Waals surface area contributed by atoms with Crippen LogP contribution in [0.15, 0.2) is 0 Å². The van der Waals surface area contributed by atoms with E-state index in [9.17, 15) is 8.42 Å². The molecule has 0 aromatic carbocycles. The Morgan fingerprint density at radius 3 is 2.22 bits per heavy atom. The van der Waals surface area contributed by atoms with E-state index < -0.39 is 10.2 Å². The molecule has 1 unspecified atom stereocenters. The van der Waals surface area contributed by atoms with Gasteiger partial charge in [-0.15, -0.1) is 0 Å². The van der Waals surface area contributed by atoms with Gasteiger partial charge < -0.3 is 5.73 Å². The summed E-state index contributed by atoms with van der Waals surface area (Å²) in [6, 6.07) is -0.284. The average molecular weight is 291 g/mol. The van der Waals surface area contributed by atoms with Crippen LogP contribution in [0.2, 0.25) is 0 Å². The topological polar surface area (TPSA) is 66.6 Å². The molecule has 0 aliphatic carbocycles. The molecule has 2 aliphatic heterocycles. The molecule has 0 amide bonds. The summed E-state index contributed by atoms with van der Waals surface area (Å²) in [5, 5.41) is 0. The third-order valence-corrected chi connectivity index (χ3v) is 6.04. The van der Waals surface area contributed by atoms with Crippen LogP contribution < -0.4 is 5.73 Å². The van der Waals surface area contributed by atoms with Crippen LogP contribution in [0.3, 0.4) is 0 Å². The van der Waals surface area contributed by atoms with E-state index in [1.54, 1.807) is 4.31 Å². The Labute approximate surface area is 114 Å². The Balaban J connectivity index is 2.16. The predicted octanol–water partition coefficient (Wildman–Crippen LogP) is 0.858. The van der Waals surface area contributed by atoms with Crippen molar-refractivity contribution >= 4 is 27.4 Å². The first-order valence-electron chi connectivity index (χ1n) is 6.60. The molecule has 0 bridgehead atoms. The summed E-state index contributed by atoms with van der Waals surface area (Å²) >= 11 is 4.98. The highest BCUT2D eigenvalue weighted by molar-refractivity contribution is 7.87. The van der Waals surface area contributed by atoms with E-state index in [1.165, 1.54) is 4.31 Å². The van der Waals surface area contributed by atoms with Crippen molar-refractivity contribution in [2.45, 2.75) is 44.6 Å². The first kappa shape index (κ1) is 14.2. The smallest absolute Gasteiger partial charge is 0.282 e. The van der Waals surface area contributed by atoms with E-state index in [-0.39, 0.29) is 6.04 Å². The van der Waals surface area contributed by atoms with E-state index in [1.807, 2.05) is 0 Å². The molecule has 0 aromatic rings. The van der Waals surface area contributed by atoms with Gasteiger partial charge in [0.1, 0.15) is 0 Å². The third kappa shape index (κ3) is 2.84. The SMILES string of the molecule is NC(=S)C1CCCN1S(=O)(=O)N1CCCCCC1. The molecule has 2 saturated heterocycles. The van der Waals surface area contributed by atoms with Gasteiger partial charge in [-0.25, -0.2) is 0 Å². The molecule has 2 rings (SSSR count). The Hall–Kier alpha value is -0.240. The van der Waals surface area contributed by atoms with Gasteiger partial charge in [-0.2, -0.15) is 17.0 Å². The summed E-state index contributed by atoms with van der Waals surface area (Å²) < 4.78 is 28.3. The normalized spacial score (nSPS) is 28.1. The zero-order chi connectivity index (χ0) is 13.2. The van der Waals surface area contributed by atoms with Crippen LogP contribution >= 0.6 is 12.2 Å². The van der Waals surface area contributed by atoms with Crippen LogP contribution in [0.5, 0.6) is 0 Å². The summed E-state index contributed by atoms with van der Waals surface area (Å²) in [5.74, 6) is 0. The molecule has 2 heterocycles. The van der Waals surface area contributed by atoms with Gasteiger partial charge in [0.25, 0.3) is 10.2 Å². The molecule has 5 nitrogen and oxygen atoms in total. The summed E-state index contributed by atoms with van der Waals surface area (Å²) in [5.41, 5.74) is 5.65. The van der Waals surface area contributed by atoms with Gasteiger partial charge in [-0.05, 0) is 25.7 Å². The maximum atomic E-state index is 12.6. The number of nitrogens with two attached hydrogens (primary N) is 1. The van der Waals surface area contributed by atoms with Gasteiger partial charge in [0.15, 0.2) is 0 Å². The lowest BCUT2D eigenvalue weighted by Gasteiger charge is -2.29. The molecule has 0 aromatic heterocycles. The fraction of sp³-hybridized carbons (Fsp3) is 0.909. The molecule has 2 fully saturated rings. The number of hydrogen-bond donors (Lipinski definition) is 1. The van der Waals surface area contributed by atoms with Crippen molar-refractivity contribution in [2.75, 3.05) is 19.6 Å². The van der Waals surface area contributed by atoms with Crippen molar-refractivity contribution in [1.29, 1.82) is 0 Å². The second kappa shape index (κ2) is 5.81. The van der Waals surface area contributed by atoms with E-state index in [0.717, 1.165) is 38.5 Å². The Morgan fingerprint density at radius 2 is 1.67 bits per heavy atom. The van der Waals surface area contributed by atoms with E-state index in [4.69, 9.17) is 18.0 Å². The lowest BCUT2D eigenvalue weighted by atomic mass is 10.2. The first-order chi connectivity index (χ1) is 8.53. The minimum atomic E-state index is -3.38. The predicted molar refractivity (Wildman–Crippen MR) is 75.5 cm³/mol. The highest BCUT2D eigenvalue weighted by Crippen LogP contribution is 2.25. The number of thiocarbonyl (C=S) groups is 1.